The second-order valence-electron chi connectivity index (χ2n) is 5.39. The van der Waals surface area contributed by atoms with E-state index in [2.05, 4.69) is 5.32 Å². The van der Waals surface area contributed by atoms with Gasteiger partial charge in [-0.15, -0.1) is 0 Å². The standard InChI is InChI=1S/C18H16F2N2O3/c1-11(23)13-4-3-5-14(8-13)21-18(25)10-22(12(2)24)15-6-7-16(19)17(20)9-15/h3-9H,10H2,1-2H3,(H,21,25). The Morgan fingerprint density at radius 2 is 1.72 bits per heavy atom. The molecule has 2 aromatic carbocycles. The van der Waals surface area contributed by atoms with Crippen LogP contribution in [0.25, 0.3) is 0 Å². The van der Waals surface area contributed by atoms with Gasteiger partial charge in [0, 0.05) is 29.9 Å². The summed E-state index contributed by atoms with van der Waals surface area (Å²) < 4.78 is 26.4. The number of halogens is 2. The monoisotopic (exact) mass is 346 g/mol. The molecule has 0 unspecified atom stereocenters. The van der Waals surface area contributed by atoms with Gasteiger partial charge in [-0.3, -0.25) is 14.4 Å². The zero-order valence-corrected chi connectivity index (χ0v) is 13.7. The van der Waals surface area contributed by atoms with E-state index in [1.54, 1.807) is 18.2 Å². The molecule has 130 valence electrons. The fourth-order valence-corrected chi connectivity index (χ4v) is 2.20. The number of nitrogens with one attached hydrogen (secondary N) is 1. The van der Waals surface area contributed by atoms with Gasteiger partial charge in [-0.25, -0.2) is 8.78 Å². The molecule has 0 atom stereocenters. The lowest BCUT2D eigenvalue weighted by atomic mass is 10.1. The highest BCUT2D eigenvalue weighted by atomic mass is 19.2. The molecule has 7 heteroatoms. The number of benzene rings is 2. The molecule has 0 bridgehead atoms. The smallest absolute Gasteiger partial charge is 0.244 e. The lowest BCUT2D eigenvalue weighted by Crippen LogP contribution is -2.36. The first kappa shape index (κ1) is 18.3. The molecular formula is C18H16F2N2O3. The zero-order valence-electron chi connectivity index (χ0n) is 13.7. The van der Waals surface area contributed by atoms with Gasteiger partial charge in [-0.05, 0) is 31.2 Å². The first-order valence-electron chi connectivity index (χ1n) is 7.42. The second kappa shape index (κ2) is 7.65. The Balaban J connectivity index is 2.15. The number of carbonyl (C=O) groups is 3. The van der Waals surface area contributed by atoms with Crippen molar-refractivity contribution in [2.24, 2.45) is 0 Å². The summed E-state index contributed by atoms with van der Waals surface area (Å²) in [6.45, 7) is 2.23. The summed E-state index contributed by atoms with van der Waals surface area (Å²) in [5, 5.41) is 2.57. The third-order valence-corrected chi connectivity index (χ3v) is 3.45. The summed E-state index contributed by atoms with van der Waals surface area (Å²) in [5.41, 5.74) is 0.896. The minimum atomic E-state index is -1.11. The third kappa shape index (κ3) is 4.69. The number of Topliss-reactive ketones (excluding diaryl/α,β-unsaturated/α-hetero) is 1. The van der Waals surface area contributed by atoms with Crippen LogP contribution in [0.4, 0.5) is 20.2 Å². The molecule has 0 aliphatic carbocycles. The number of hydrogen-bond acceptors (Lipinski definition) is 3. The SMILES string of the molecule is CC(=O)c1cccc(NC(=O)CN(C(C)=O)c2ccc(F)c(F)c2)c1. The first-order chi connectivity index (χ1) is 11.8. The van der Waals surface area contributed by atoms with Crippen LogP contribution in [0.2, 0.25) is 0 Å². The van der Waals surface area contributed by atoms with Crippen molar-refractivity contribution in [3.05, 3.63) is 59.7 Å². The van der Waals surface area contributed by atoms with Gasteiger partial charge in [-0.1, -0.05) is 12.1 Å². The lowest BCUT2D eigenvalue weighted by molar-refractivity contribution is -0.120. The van der Waals surface area contributed by atoms with Crippen molar-refractivity contribution in [3.8, 4) is 0 Å². The van der Waals surface area contributed by atoms with E-state index in [0.717, 1.165) is 17.0 Å². The second-order valence-corrected chi connectivity index (χ2v) is 5.39. The highest BCUT2D eigenvalue weighted by Crippen LogP contribution is 2.18. The Morgan fingerprint density at radius 1 is 1.00 bits per heavy atom. The Labute approximate surface area is 143 Å². The quantitative estimate of drug-likeness (QED) is 0.846. The maximum Gasteiger partial charge on any atom is 0.244 e. The number of nitrogens with zero attached hydrogens (tertiary/aromatic N) is 1. The van der Waals surface area contributed by atoms with Crippen LogP contribution in [0, 0.1) is 11.6 Å². The molecule has 25 heavy (non-hydrogen) atoms. The normalized spacial score (nSPS) is 10.2. The van der Waals surface area contributed by atoms with Crippen LogP contribution >= 0.6 is 0 Å². The van der Waals surface area contributed by atoms with Gasteiger partial charge in [0.1, 0.15) is 6.54 Å². The Hall–Kier alpha value is -3.09. The molecule has 0 heterocycles. The average molecular weight is 346 g/mol. The van der Waals surface area contributed by atoms with Crippen LogP contribution in [-0.4, -0.2) is 24.1 Å². The first-order valence-corrected chi connectivity index (χ1v) is 7.42. The largest absolute Gasteiger partial charge is 0.325 e. The molecule has 0 radical (unpaired) electrons. The van der Waals surface area contributed by atoms with E-state index < -0.39 is 23.4 Å². The molecule has 0 saturated carbocycles. The summed E-state index contributed by atoms with van der Waals surface area (Å²) >= 11 is 0. The van der Waals surface area contributed by atoms with Crippen LogP contribution in [-0.2, 0) is 9.59 Å². The maximum atomic E-state index is 13.4. The number of ketones is 1. The minimum Gasteiger partial charge on any atom is -0.325 e. The van der Waals surface area contributed by atoms with Crippen molar-refractivity contribution in [1.29, 1.82) is 0 Å². The van der Waals surface area contributed by atoms with Crippen LogP contribution in [0.3, 0.4) is 0 Å². The minimum absolute atomic E-state index is 0.0686. The van der Waals surface area contributed by atoms with Gasteiger partial charge in [0.25, 0.3) is 0 Å². The average Bonchev–Trinajstić information content (AvgIpc) is 2.55. The van der Waals surface area contributed by atoms with Crippen LogP contribution in [0.15, 0.2) is 42.5 Å². The van der Waals surface area contributed by atoms with Crippen LogP contribution in [0.1, 0.15) is 24.2 Å². The van der Waals surface area contributed by atoms with Gasteiger partial charge in [0.05, 0.1) is 0 Å². The topological polar surface area (TPSA) is 66.5 Å². The Bertz CT molecular complexity index is 837. The molecule has 0 aliphatic heterocycles. The number of amides is 2. The highest BCUT2D eigenvalue weighted by molar-refractivity contribution is 6.02. The summed E-state index contributed by atoms with van der Waals surface area (Å²) in [6.07, 6.45) is 0. The highest BCUT2D eigenvalue weighted by Gasteiger charge is 2.17. The van der Waals surface area contributed by atoms with Crippen molar-refractivity contribution in [3.63, 3.8) is 0 Å². The van der Waals surface area contributed by atoms with Crippen molar-refractivity contribution < 1.29 is 23.2 Å². The molecule has 0 aromatic heterocycles. The molecule has 2 amide bonds. The van der Waals surface area contributed by atoms with E-state index in [9.17, 15) is 23.2 Å². The van der Waals surface area contributed by atoms with E-state index in [1.807, 2.05) is 0 Å². The van der Waals surface area contributed by atoms with Crippen molar-refractivity contribution >= 4 is 29.0 Å². The molecule has 5 nitrogen and oxygen atoms in total. The summed E-state index contributed by atoms with van der Waals surface area (Å²) in [6, 6.07) is 9.28. The van der Waals surface area contributed by atoms with Crippen molar-refractivity contribution in [1.82, 2.24) is 0 Å². The number of anilines is 2. The summed E-state index contributed by atoms with van der Waals surface area (Å²) in [7, 11) is 0. The Morgan fingerprint density at radius 3 is 2.32 bits per heavy atom. The molecule has 0 spiro atoms. The molecule has 1 N–H and O–H groups in total. The molecule has 2 aromatic rings. The van der Waals surface area contributed by atoms with Gasteiger partial charge in [0.15, 0.2) is 17.4 Å². The molecule has 0 saturated heterocycles. The fraction of sp³-hybridized carbons (Fsp3) is 0.167. The van der Waals surface area contributed by atoms with Gasteiger partial charge >= 0.3 is 0 Å². The summed E-state index contributed by atoms with van der Waals surface area (Å²) in [5.74, 6) is -3.35. The van der Waals surface area contributed by atoms with E-state index in [-0.39, 0.29) is 18.0 Å². The number of rotatable bonds is 5. The lowest BCUT2D eigenvalue weighted by Gasteiger charge is -2.21. The number of carbonyl (C=O) groups excluding carboxylic acids is 3. The predicted octanol–water partition coefficient (Wildman–Crippen LogP) is 3.16. The van der Waals surface area contributed by atoms with Crippen LogP contribution < -0.4 is 10.2 Å². The predicted molar refractivity (Wildman–Crippen MR) is 89.5 cm³/mol. The molecule has 2 rings (SSSR count). The van der Waals surface area contributed by atoms with E-state index in [1.165, 1.54) is 26.0 Å². The fourth-order valence-electron chi connectivity index (χ4n) is 2.20. The summed E-state index contributed by atoms with van der Waals surface area (Å²) in [4.78, 5) is 36.3. The van der Waals surface area contributed by atoms with E-state index >= 15 is 0 Å². The van der Waals surface area contributed by atoms with Crippen molar-refractivity contribution in [2.75, 3.05) is 16.8 Å². The third-order valence-electron chi connectivity index (χ3n) is 3.45. The van der Waals surface area contributed by atoms with Crippen LogP contribution in [0.5, 0.6) is 0 Å². The van der Waals surface area contributed by atoms with Crippen molar-refractivity contribution in [2.45, 2.75) is 13.8 Å². The van der Waals surface area contributed by atoms with Gasteiger partial charge in [-0.2, -0.15) is 0 Å². The van der Waals surface area contributed by atoms with Gasteiger partial charge in [0.2, 0.25) is 11.8 Å². The van der Waals surface area contributed by atoms with E-state index in [0.29, 0.717) is 11.3 Å². The molecule has 0 fully saturated rings. The number of hydrogen-bond donors (Lipinski definition) is 1. The zero-order chi connectivity index (χ0) is 18.6. The molecule has 0 aliphatic rings. The van der Waals surface area contributed by atoms with Gasteiger partial charge < -0.3 is 10.2 Å². The molecular weight excluding hydrogens is 330 g/mol. The van der Waals surface area contributed by atoms with E-state index in [4.69, 9.17) is 0 Å². The Kier molecular flexibility index (Phi) is 5.59. The maximum absolute atomic E-state index is 13.4.